The highest BCUT2D eigenvalue weighted by Gasteiger charge is 2.31. The van der Waals surface area contributed by atoms with Crippen molar-refractivity contribution < 1.29 is 26.3 Å². The Labute approximate surface area is 182 Å². The lowest BCUT2D eigenvalue weighted by atomic mass is 9.94. The molecule has 3 rings (SSSR count). The predicted octanol–water partition coefficient (Wildman–Crippen LogP) is 5.38. The number of alkyl halides is 3. The van der Waals surface area contributed by atoms with E-state index in [1.807, 2.05) is 0 Å². The molecule has 164 valence electrons. The standard InChI is InChI=1S/C19H19Cl2F3N2O3S/c1-11-8-17(16(21)9-15(11)20)30(27,28)26-13-3-5-14(6-4-13)29-18-7-2-12(10-25-18)19(22,23)24/h2,7-10,13-14,26H,3-6H2,1H3. The van der Waals surface area contributed by atoms with E-state index < -0.39 is 21.8 Å². The average molecular weight is 483 g/mol. The van der Waals surface area contributed by atoms with Gasteiger partial charge in [-0.05, 0) is 56.4 Å². The highest BCUT2D eigenvalue weighted by atomic mass is 35.5. The summed E-state index contributed by atoms with van der Waals surface area (Å²) in [6.45, 7) is 1.69. The van der Waals surface area contributed by atoms with Gasteiger partial charge in [0.2, 0.25) is 15.9 Å². The molecular formula is C19H19Cl2F3N2O3S. The highest BCUT2D eigenvalue weighted by Crippen LogP contribution is 2.31. The largest absolute Gasteiger partial charge is 0.474 e. The summed E-state index contributed by atoms with van der Waals surface area (Å²) in [6.07, 6.45) is -1.90. The lowest BCUT2D eigenvalue weighted by Gasteiger charge is -2.29. The molecule has 1 aliphatic rings. The number of nitrogens with one attached hydrogen (secondary N) is 1. The molecule has 1 aliphatic carbocycles. The fourth-order valence-electron chi connectivity index (χ4n) is 3.21. The number of benzene rings is 1. The molecule has 1 aromatic carbocycles. The molecule has 0 amide bonds. The minimum atomic E-state index is -4.45. The van der Waals surface area contributed by atoms with Gasteiger partial charge >= 0.3 is 6.18 Å². The lowest BCUT2D eigenvalue weighted by molar-refractivity contribution is -0.137. The van der Waals surface area contributed by atoms with Gasteiger partial charge in [0.15, 0.2) is 0 Å². The molecule has 1 saturated carbocycles. The Morgan fingerprint density at radius 1 is 1.10 bits per heavy atom. The first kappa shape index (κ1) is 23.1. The van der Waals surface area contributed by atoms with Crippen LogP contribution in [0.25, 0.3) is 0 Å². The number of hydrogen-bond donors (Lipinski definition) is 1. The molecule has 11 heteroatoms. The summed E-state index contributed by atoms with van der Waals surface area (Å²) in [6, 6.07) is 4.62. The van der Waals surface area contributed by atoms with E-state index in [9.17, 15) is 21.6 Å². The van der Waals surface area contributed by atoms with Crippen LogP contribution in [0.1, 0.15) is 36.8 Å². The summed E-state index contributed by atoms with van der Waals surface area (Å²) in [5.41, 5.74) is -0.244. The van der Waals surface area contributed by atoms with Crippen LogP contribution in [0.15, 0.2) is 35.4 Å². The summed E-state index contributed by atoms with van der Waals surface area (Å²) in [5.74, 6) is 0.107. The molecule has 0 unspecified atom stereocenters. The van der Waals surface area contributed by atoms with Crippen LogP contribution in [0.5, 0.6) is 5.88 Å². The third-order valence-corrected chi connectivity index (χ3v) is 7.24. The Morgan fingerprint density at radius 2 is 1.77 bits per heavy atom. The van der Waals surface area contributed by atoms with Gasteiger partial charge in [-0.3, -0.25) is 0 Å². The van der Waals surface area contributed by atoms with Crippen LogP contribution in [0.2, 0.25) is 10.0 Å². The van der Waals surface area contributed by atoms with Gasteiger partial charge < -0.3 is 4.74 Å². The van der Waals surface area contributed by atoms with Crippen LogP contribution in [-0.2, 0) is 16.2 Å². The van der Waals surface area contributed by atoms with Crippen LogP contribution in [-0.4, -0.2) is 25.5 Å². The van der Waals surface area contributed by atoms with Crippen molar-refractivity contribution in [1.29, 1.82) is 0 Å². The van der Waals surface area contributed by atoms with Gasteiger partial charge in [-0.15, -0.1) is 0 Å². The molecule has 0 bridgehead atoms. The number of halogens is 5. The molecule has 5 nitrogen and oxygen atoms in total. The number of ether oxygens (including phenoxy) is 1. The van der Waals surface area contributed by atoms with Gasteiger partial charge in [-0.1, -0.05) is 23.2 Å². The van der Waals surface area contributed by atoms with Crippen molar-refractivity contribution in [3.8, 4) is 5.88 Å². The smallest absolute Gasteiger partial charge is 0.417 e. The zero-order chi connectivity index (χ0) is 22.1. The summed E-state index contributed by atoms with van der Waals surface area (Å²) in [5, 5.41) is 0.428. The van der Waals surface area contributed by atoms with Gasteiger partial charge in [0.05, 0.1) is 10.6 Å². The van der Waals surface area contributed by atoms with Gasteiger partial charge in [0.25, 0.3) is 0 Å². The number of sulfonamides is 1. The first-order chi connectivity index (χ1) is 14.0. The maximum atomic E-state index is 12.7. The van der Waals surface area contributed by atoms with Crippen LogP contribution >= 0.6 is 23.2 Å². The second-order valence-electron chi connectivity index (χ2n) is 7.13. The Bertz CT molecular complexity index is 1010. The van der Waals surface area contributed by atoms with E-state index in [-0.39, 0.29) is 27.9 Å². The Kier molecular flexibility index (Phi) is 6.86. The average Bonchev–Trinajstić information content (AvgIpc) is 2.65. The van der Waals surface area contributed by atoms with E-state index in [1.54, 1.807) is 6.92 Å². The van der Waals surface area contributed by atoms with Crippen LogP contribution in [0.4, 0.5) is 13.2 Å². The van der Waals surface area contributed by atoms with E-state index in [0.29, 0.717) is 36.3 Å². The van der Waals surface area contributed by atoms with Crippen molar-refractivity contribution >= 4 is 33.2 Å². The first-order valence-corrected chi connectivity index (χ1v) is 11.4. The maximum Gasteiger partial charge on any atom is 0.417 e. The van der Waals surface area contributed by atoms with E-state index in [4.69, 9.17) is 27.9 Å². The van der Waals surface area contributed by atoms with E-state index in [2.05, 4.69) is 9.71 Å². The molecule has 1 N–H and O–H groups in total. The molecule has 0 radical (unpaired) electrons. The SMILES string of the molecule is Cc1cc(S(=O)(=O)NC2CCC(Oc3ccc(C(F)(F)F)cn3)CC2)c(Cl)cc1Cl. The summed E-state index contributed by atoms with van der Waals surface area (Å²) in [4.78, 5) is 3.67. The molecule has 2 aromatic rings. The van der Waals surface area contributed by atoms with Crippen molar-refractivity contribution in [2.75, 3.05) is 0 Å². The van der Waals surface area contributed by atoms with Crippen molar-refractivity contribution in [3.63, 3.8) is 0 Å². The predicted molar refractivity (Wildman–Crippen MR) is 107 cm³/mol. The maximum absolute atomic E-state index is 12.7. The third kappa shape index (κ3) is 5.57. The van der Waals surface area contributed by atoms with E-state index >= 15 is 0 Å². The minimum Gasteiger partial charge on any atom is -0.474 e. The number of hydrogen-bond acceptors (Lipinski definition) is 4. The zero-order valence-corrected chi connectivity index (χ0v) is 18.2. The zero-order valence-electron chi connectivity index (χ0n) is 15.8. The number of aryl methyl sites for hydroxylation is 1. The fraction of sp³-hybridized carbons (Fsp3) is 0.421. The van der Waals surface area contributed by atoms with Crippen molar-refractivity contribution in [2.24, 2.45) is 0 Å². The van der Waals surface area contributed by atoms with Gasteiger partial charge in [-0.25, -0.2) is 18.1 Å². The van der Waals surface area contributed by atoms with Crippen LogP contribution in [0.3, 0.4) is 0 Å². The number of nitrogens with zero attached hydrogens (tertiary/aromatic N) is 1. The topological polar surface area (TPSA) is 68.3 Å². The van der Waals surface area contributed by atoms with Crippen LogP contribution in [0, 0.1) is 6.92 Å². The minimum absolute atomic E-state index is 0.0293. The fourth-order valence-corrected chi connectivity index (χ4v) is 5.34. The Balaban J connectivity index is 1.57. The normalized spacial score (nSPS) is 20.2. The van der Waals surface area contributed by atoms with E-state index in [1.165, 1.54) is 18.2 Å². The quantitative estimate of drug-likeness (QED) is 0.620. The Morgan fingerprint density at radius 3 is 2.33 bits per heavy atom. The third-order valence-electron chi connectivity index (χ3n) is 4.85. The number of aromatic nitrogens is 1. The first-order valence-electron chi connectivity index (χ1n) is 9.13. The van der Waals surface area contributed by atoms with Crippen molar-refractivity contribution in [1.82, 2.24) is 9.71 Å². The molecule has 1 heterocycles. The van der Waals surface area contributed by atoms with Crippen molar-refractivity contribution in [2.45, 2.75) is 55.8 Å². The second-order valence-corrected chi connectivity index (χ2v) is 9.62. The van der Waals surface area contributed by atoms with Gasteiger partial charge in [0.1, 0.15) is 11.0 Å². The number of pyridine rings is 1. The van der Waals surface area contributed by atoms with Gasteiger partial charge in [0, 0.05) is 23.3 Å². The molecule has 0 atom stereocenters. The summed E-state index contributed by atoms with van der Waals surface area (Å²) in [7, 11) is -3.83. The molecule has 0 aliphatic heterocycles. The lowest BCUT2D eigenvalue weighted by Crippen LogP contribution is -2.39. The summed E-state index contributed by atoms with van der Waals surface area (Å²) < 4.78 is 71.5. The molecule has 0 saturated heterocycles. The van der Waals surface area contributed by atoms with E-state index in [0.717, 1.165) is 12.3 Å². The molecule has 1 fully saturated rings. The molecule has 30 heavy (non-hydrogen) atoms. The monoisotopic (exact) mass is 482 g/mol. The van der Waals surface area contributed by atoms with Crippen LogP contribution < -0.4 is 9.46 Å². The molecular weight excluding hydrogens is 464 g/mol. The summed E-state index contributed by atoms with van der Waals surface area (Å²) >= 11 is 12.0. The van der Waals surface area contributed by atoms with Gasteiger partial charge in [-0.2, -0.15) is 13.2 Å². The Hall–Kier alpha value is -1.55. The van der Waals surface area contributed by atoms with Crippen molar-refractivity contribution in [3.05, 3.63) is 51.6 Å². The number of rotatable bonds is 5. The molecule has 0 spiro atoms. The molecule has 1 aromatic heterocycles. The second kappa shape index (κ2) is 8.90. The highest BCUT2D eigenvalue weighted by molar-refractivity contribution is 7.89.